The number of rotatable bonds is 3. The molecule has 1 aromatic carbocycles. The molecule has 0 unspecified atom stereocenters. The van der Waals surface area contributed by atoms with E-state index in [-0.39, 0.29) is 23.0 Å². The smallest absolute Gasteiger partial charge is 0.312 e. The van der Waals surface area contributed by atoms with Crippen molar-refractivity contribution in [3.8, 4) is 17.7 Å². The summed E-state index contributed by atoms with van der Waals surface area (Å²) in [5.74, 6) is -0.0828. The number of hydrogen-bond acceptors (Lipinski definition) is 6. The van der Waals surface area contributed by atoms with Crippen LogP contribution in [0.4, 0.5) is 5.69 Å². The van der Waals surface area contributed by atoms with Crippen molar-refractivity contribution < 1.29 is 9.66 Å². The zero-order valence-electron chi connectivity index (χ0n) is 9.28. The van der Waals surface area contributed by atoms with Crippen LogP contribution in [0.3, 0.4) is 0 Å². The van der Waals surface area contributed by atoms with Gasteiger partial charge >= 0.3 is 5.69 Å². The molecule has 19 heavy (non-hydrogen) atoms. The summed E-state index contributed by atoms with van der Waals surface area (Å²) in [6.45, 7) is 0. The molecule has 0 atom stereocenters. The summed E-state index contributed by atoms with van der Waals surface area (Å²) in [5, 5.41) is 19.8. The fourth-order valence-electron chi connectivity index (χ4n) is 1.30. The number of aromatic nitrogens is 2. The highest BCUT2D eigenvalue weighted by atomic mass is 79.9. The minimum Gasteiger partial charge on any atom is -0.429 e. The van der Waals surface area contributed by atoms with Crippen LogP contribution in [-0.2, 0) is 0 Å². The molecule has 1 aromatic heterocycles. The molecule has 0 fully saturated rings. The van der Waals surface area contributed by atoms with E-state index in [1.165, 1.54) is 24.5 Å². The lowest BCUT2D eigenvalue weighted by Gasteiger charge is -2.05. The van der Waals surface area contributed by atoms with E-state index in [2.05, 4.69) is 25.9 Å². The largest absolute Gasteiger partial charge is 0.429 e. The van der Waals surface area contributed by atoms with Crippen molar-refractivity contribution in [3.63, 3.8) is 0 Å². The summed E-state index contributed by atoms with van der Waals surface area (Å²) < 4.78 is 5.84. The van der Waals surface area contributed by atoms with Crippen molar-refractivity contribution in [1.29, 1.82) is 5.26 Å². The lowest BCUT2D eigenvalue weighted by atomic mass is 10.3. The van der Waals surface area contributed by atoms with Gasteiger partial charge in [-0.2, -0.15) is 5.26 Å². The lowest BCUT2D eigenvalue weighted by molar-refractivity contribution is -0.385. The molecule has 0 aliphatic carbocycles. The first-order chi connectivity index (χ1) is 9.11. The van der Waals surface area contributed by atoms with Gasteiger partial charge in [-0.1, -0.05) is 15.9 Å². The fraction of sp³-hybridized carbons (Fsp3) is 0. The van der Waals surface area contributed by atoms with Gasteiger partial charge in [-0.25, -0.2) is 9.97 Å². The number of nitriles is 1. The summed E-state index contributed by atoms with van der Waals surface area (Å²) in [7, 11) is 0. The van der Waals surface area contributed by atoms with Crippen molar-refractivity contribution >= 4 is 21.6 Å². The highest BCUT2D eigenvalue weighted by Gasteiger charge is 2.18. The van der Waals surface area contributed by atoms with Crippen molar-refractivity contribution in [2.24, 2.45) is 0 Å². The molecule has 2 aromatic rings. The van der Waals surface area contributed by atoms with Crippen LogP contribution in [0.1, 0.15) is 5.69 Å². The van der Waals surface area contributed by atoms with Crippen LogP contribution in [0, 0.1) is 21.4 Å². The van der Waals surface area contributed by atoms with Gasteiger partial charge in [-0.15, -0.1) is 0 Å². The van der Waals surface area contributed by atoms with Gasteiger partial charge in [-0.05, 0) is 12.1 Å². The SMILES string of the molecule is N#Cc1nccnc1Oc1ccc(Br)cc1[N+](=O)[O-]. The molecule has 0 aliphatic rings. The number of benzene rings is 1. The van der Waals surface area contributed by atoms with Gasteiger partial charge in [0.2, 0.25) is 11.4 Å². The fourth-order valence-corrected chi connectivity index (χ4v) is 1.65. The Hall–Kier alpha value is -2.53. The number of hydrogen-bond donors (Lipinski definition) is 0. The highest BCUT2D eigenvalue weighted by molar-refractivity contribution is 9.10. The zero-order valence-corrected chi connectivity index (χ0v) is 10.9. The minimum atomic E-state index is -0.581. The average Bonchev–Trinajstić information content (AvgIpc) is 2.41. The van der Waals surface area contributed by atoms with Gasteiger partial charge < -0.3 is 4.74 Å². The van der Waals surface area contributed by atoms with Crippen LogP contribution in [0.15, 0.2) is 35.1 Å². The van der Waals surface area contributed by atoms with E-state index in [4.69, 9.17) is 10.00 Å². The molecular weight excluding hydrogens is 316 g/mol. The van der Waals surface area contributed by atoms with E-state index < -0.39 is 4.92 Å². The van der Waals surface area contributed by atoms with Crippen LogP contribution in [0.25, 0.3) is 0 Å². The maximum absolute atomic E-state index is 10.9. The molecule has 2 rings (SSSR count). The molecule has 0 spiro atoms. The van der Waals surface area contributed by atoms with Gasteiger partial charge in [-0.3, -0.25) is 10.1 Å². The van der Waals surface area contributed by atoms with E-state index in [0.717, 1.165) is 0 Å². The van der Waals surface area contributed by atoms with E-state index in [1.54, 1.807) is 12.1 Å². The molecule has 8 heteroatoms. The van der Waals surface area contributed by atoms with Crippen LogP contribution in [0.2, 0.25) is 0 Å². The molecule has 0 amide bonds. The summed E-state index contributed by atoms with van der Waals surface area (Å²) in [5.41, 5.74) is -0.274. The summed E-state index contributed by atoms with van der Waals surface area (Å²) in [6.07, 6.45) is 2.67. The Kier molecular flexibility index (Phi) is 3.68. The molecular formula is C11H5BrN4O3. The summed E-state index contributed by atoms with van der Waals surface area (Å²) in [4.78, 5) is 17.9. The van der Waals surface area contributed by atoms with E-state index >= 15 is 0 Å². The second kappa shape index (κ2) is 5.41. The molecule has 0 radical (unpaired) electrons. The number of nitrogens with zero attached hydrogens (tertiary/aromatic N) is 4. The molecule has 7 nitrogen and oxygen atoms in total. The summed E-state index contributed by atoms with van der Waals surface area (Å²) in [6, 6.07) is 6.10. The van der Waals surface area contributed by atoms with Crippen molar-refractivity contribution in [2.75, 3.05) is 0 Å². The van der Waals surface area contributed by atoms with Gasteiger partial charge in [0.05, 0.1) is 4.92 Å². The number of nitro groups is 1. The first kappa shape index (κ1) is 12.9. The van der Waals surface area contributed by atoms with Crippen LogP contribution in [0.5, 0.6) is 11.6 Å². The third kappa shape index (κ3) is 2.83. The molecule has 0 saturated heterocycles. The van der Waals surface area contributed by atoms with Crippen LogP contribution < -0.4 is 4.74 Å². The minimum absolute atomic E-state index is 0.00907. The second-order valence-corrected chi connectivity index (χ2v) is 4.21. The normalized spacial score (nSPS) is 9.68. The Morgan fingerprint density at radius 1 is 1.37 bits per heavy atom. The predicted octanol–water partition coefficient (Wildman–Crippen LogP) is 2.81. The van der Waals surface area contributed by atoms with E-state index in [1.807, 2.05) is 0 Å². The molecule has 0 aliphatic heterocycles. The Bertz CT molecular complexity index is 684. The average molecular weight is 321 g/mol. The topological polar surface area (TPSA) is 102 Å². The molecule has 0 bridgehead atoms. The number of ether oxygens (including phenoxy) is 1. The third-order valence-electron chi connectivity index (χ3n) is 2.09. The van der Waals surface area contributed by atoms with Gasteiger partial charge in [0.1, 0.15) is 6.07 Å². The zero-order chi connectivity index (χ0) is 13.8. The van der Waals surface area contributed by atoms with Gasteiger partial charge in [0, 0.05) is 22.9 Å². The van der Waals surface area contributed by atoms with Crippen LogP contribution >= 0.6 is 15.9 Å². The number of halogens is 1. The van der Waals surface area contributed by atoms with E-state index in [9.17, 15) is 10.1 Å². The standard InChI is InChI=1S/C11H5BrN4O3/c12-7-1-2-10(9(5-7)16(17)18)19-11-8(6-13)14-3-4-15-11/h1-5H. The maximum Gasteiger partial charge on any atom is 0.312 e. The first-order valence-corrected chi connectivity index (χ1v) is 5.74. The monoisotopic (exact) mass is 320 g/mol. The van der Waals surface area contributed by atoms with Gasteiger partial charge in [0.25, 0.3) is 5.88 Å². The molecule has 0 N–H and O–H groups in total. The summed E-state index contributed by atoms with van der Waals surface area (Å²) >= 11 is 3.14. The van der Waals surface area contributed by atoms with Crippen molar-refractivity contribution in [3.05, 3.63) is 50.9 Å². The number of nitro benzene ring substituents is 1. The quantitative estimate of drug-likeness (QED) is 0.636. The van der Waals surface area contributed by atoms with Gasteiger partial charge in [0.15, 0.2) is 0 Å². The van der Waals surface area contributed by atoms with Crippen molar-refractivity contribution in [2.45, 2.75) is 0 Å². The lowest BCUT2D eigenvalue weighted by Crippen LogP contribution is -1.97. The Balaban J connectivity index is 2.44. The second-order valence-electron chi connectivity index (χ2n) is 3.29. The molecule has 1 heterocycles. The van der Waals surface area contributed by atoms with E-state index in [0.29, 0.717) is 4.47 Å². The molecule has 0 saturated carbocycles. The Morgan fingerprint density at radius 2 is 2.11 bits per heavy atom. The molecule has 94 valence electrons. The predicted molar refractivity (Wildman–Crippen MR) is 67.6 cm³/mol. The van der Waals surface area contributed by atoms with Crippen LogP contribution in [-0.4, -0.2) is 14.9 Å². The maximum atomic E-state index is 10.9. The first-order valence-electron chi connectivity index (χ1n) is 4.94. The Labute approximate surface area is 115 Å². The Morgan fingerprint density at radius 3 is 2.79 bits per heavy atom. The highest BCUT2D eigenvalue weighted by Crippen LogP contribution is 2.33. The van der Waals surface area contributed by atoms with Crippen molar-refractivity contribution in [1.82, 2.24) is 9.97 Å². The third-order valence-corrected chi connectivity index (χ3v) is 2.59.